The van der Waals surface area contributed by atoms with Gasteiger partial charge in [-0.3, -0.25) is 13.7 Å². The van der Waals surface area contributed by atoms with Gasteiger partial charge in [-0.1, -0.05) is 0 Å². The number of nitrogens with one attached hydrogen (secondary N) is 1. The third kappa shape index (κ3) is 3.43. The fourth-order valence-corrected chi connectivity index (χ4v) is 5.51. The van der Waals surface area contributed by atoms with Gasteiger partial charge in [-0.2, -0.15) is 0 Å². The van der Waals surface area contributed by atoms with Gasteiger partial charge in [0.25, 0.3) is 0 Å². The lowest BCUT2D eigenvalue weighted by atomic mass is 10.2. The fraction of sp³-hybridized carbons (Fsp3) is 0.280. The van der Waals surface area contributed by atoms with Gasteiger partial charge in [-0.05, 0) is 74.3 Å². The molecule has 10 heteroatoms. The molecule has 0 bridgehead atoms. The molecule has 1 saturated carbocycles. The van der Waals surface area contributed by atoms with E-state index >= 15 is 0 Å². The van der Waals surface area contributed by atoms with Crippen molar-refractivity contribution in [3.63, 3.8) is 0 Å². The van der Waals surface area contributed by atoms with E-state index in [0.29, 0.717) is 17.0 Å². The van der Waals surface area contributed by atoms with Gasteiger partial charge >= 0.3 is 5.69 Å². The van der Waals surface area contributed by atoms with Crippen molar-refractivity contribution in [1.29, 1.82) is 0 Å². The molecule has 1 fully saturated rings. The monoisotopic (exact) mass is 490 g/mol. The minimum atomic E-state index is -3.64. The Balaban J connectivity index is 1.65. The van der Waals surface area contributed by atoms with E-state index in [1.165, 1.54) is 19.9 Å². The maximum absolute atomic E-state index is 12.6. The van der Waals surface area contributed by atoms with Crippen molar-refractivity contribution in [3.05, 3.63) is 65.2 Å². The first-order valence-electron chi connectivity index (χ1n) is 11.6. The minimum Gasteiger partial charge on any atom is -0.345 e. The summed E-state index contributed by atoms with van der Waals surface area (Å²) in [5.74, 6) is 1.41. The third-order valence-corrected chi connectivity index (χ3v) is 8.34. The molecule has 6 rings (SSSR count). The van der Waals surface area contributed by atoms with Crippen LogP contribution in [0.1, 0.15) is 12.8 Å². The van der Waals surface area contributed by atoms with Gasteiger partial charge in [0, 0.05) is 32.5 Å². The molecule has 1 aliphatic carbocycles. The Morgan fingerprint density at radius 3 is 2.51 bits per heavy atom. The molecule has 0 aliphatic heterocycles. The number of benzene rings is 2. The Labute approximate surface area is 202 Å². The summed E-state index contributed by atoms with van der Waals surface area (Å²) in [6.07, 6.45) is 4.54. The highest BCUT2D eigenvalue weighted by atomic mass is 32.2. The van der Waals surface area contributed by atoms with Crippen LogP contribution < -0.4 is 10.4 Å². The van der Waals surface area contributed by atoms with Crippen LogP contribution in [0.15, 0.2) is 64.4 Å². The maximum Gasteiger partial charge on any atom is 0.328 e. The van der Waals surface area contributed by atoms with E-state index in [1.54, 1.807) is 41.4 Å². The maximum atomic E-state index is 12.6. The van der Waals surface area contributed by atoms with Gasteiger partial charge in [-0.25, -0.2) is 22.9 Å². The van der Waals surface area contributed by atoms with E-state index < -0.39 is 10.0 Å². The zero-order valence-electron chi connectivity index (χ0n) is 19.8. The van der Waals surface area contributed by atoms with E-state index in [1.807, 2.05) is 34.9 Å². The molecule has 0 spiro atoms. The van der Waals surface area contributed by atoms with Gasteiger partial charge in [0.15, 0.2) is 5.82 Å². The van der Waals surface area contributed by atoms with Crippen molar-refractivity contribution in [1.82, 2.24) is 28.0 Å². The molecular weight excluding hydrogens is 464 g/mol. The Kier molecular flexibility index (Phi) is 4.81. The second-order valence-electron chi connectivity index (χ2n) is 9.19. The lowest BCUT2D eigenvalue weighted by molar-refractivity contribution is 0.588. The molecule has 0 saturated heterocycles. The van der Waals surface area contributed by atoms with E-state index in [9.17, 15) is 13.2 Å². The summed E-state index contributed by atoms with van der Waals surface area (Å²) in [5.41, 5.74) is 4.64. The molecule has 5 aromatic rings. The third-order valence-electron chi connectivity index (χ3n) is 6.93. The van der Waals surface area contributed by atoms with Crippen LogP contribution in [0.25, 0.3) is 39.3 Å². The number of aromatic nitrogens is 5. The first-order valence-corrected chi connectivity index (χ1v) is 13.0. The number of nitrogens with zero attached hydrogens (tertiary/aromatic N) is 5. The van der Waals surface area contributed by atoms with Gasteiger partial charge in [-0.15, -0.1) is 0 Å². The normalized spacial score (nSPS) is 14.4. The highest BCUT2D eigenvalue weighted by Crippen LogP contribution is 2.35. The standard InChI is InChI=1S/C25H26N6O3S/c1-26-35(33,34)18-9-10-19-22(14-18)31(17-8-11-20-23(13-17)29(3)25(32)28(20)2)24(27-19)21-5-4-12-30(21)15-16-6-7-16/h4-5,8-14,16,26H,6-7,15H2,1-3H3. The van der Waals surface area contributed by atoms with Crippen LogP contribution in [0.4, 0.5) is 0 Å². The SMILES string of the molecule is CNS(=O)(=O)c1ccc2nc(-c3cccn3CC3CC3)n(-c3ccc4c(c3)n(C)c(=O)n4C)c2c1. The Bertz CT molecular complexity index is 1780. The van der Waals surface area contributed by atoms with Crippen molar-refractivity contribution in [3.8, 4) is 17.2 Å². The molecule has 2 aromatic carbocycles. The summed E-state index contributed by atoms with van der Waals surface area (Å²) in [4.78, 5) is 17.6. The average molecular weight is 491 g/mol. The Hall–Kier alpha value is -3.63. The van der Waals surface area contributed by atoms with Crippen molar-refractivity contribution in [2.45, 2.75) is 24.3 Å². The summed E-state index contributed by atoms with van der Waals surface area (Å²) in [6, 6.07) is 14.8. The van der Waals surface area contributed by atoms with Crippen molar-refractivity contribution < 1.29 is 8.42 Å². The average Bonchev–Trinajstić information content (AvgIpc) is 3.35. The number of imidazole rings is 2. The predicted octanol–water partition coefficient (Wildman–Crippen LogP) is 3.00. The summed E-state index contributed by atoms with van der Waals surface area (Å²) >= 11 is 0. The molecule has 35 heavy (non-hydrogen) atoms. The number of sulfonamides is 1. The largest absolute Gasteiger partial charge is 0.345 e. The Morgan fingerprint density at radius 2 is 1.77 bits per heavy atom. The number of hydrogen-bond donors (Lipinski definition) is 1. The topological polar surface area (TPSA) is 95.8 Å². The minimum absolute atomic E-state index is 0.103. The van der Waals surface area contributed by atoms with E-state index in [-0.39, 0.29) is 10.6 Å². The van der Waals surface area contributed by atoms with Crippen LogP contribution in [0.2, 0.25) is 0 Å². The van der Waals surface area contributed by atoms with Crippen LogP contribution in [-0.4, -0.2) is 38.7 Å². The lowest BCUT2D eigenvalue weighted by Crippen LogP contribution is -2.19. The van der Waals surface area contributed by atoms with Gasteiger partial charge in [0.1, 0.15) is 0 Å². The number of hydrogen-bond acceptors (Lipinski definition) is 4. The first kappa shape index (κ1) is 21.9. The summed E-state index contributed by atoms with van der Waals surface area (Å²) in [7, 11) is 1.26. The molecule has 0 unspecified atom stereocenters. The molecule has 0 radical (unpaired) electrons. The molecule has 3 aromatic heterocycles. The van der Waals surface area contributed by atoms with Crippen molar-refractivity contribution >= 4 is 32.1 Å². The highest BCUT2D eigenvalue weighted by molar-refractivity contribution is 7.89. The van der Waals surface area contributed by atoms with Crippen LogP contribution in [0, 0.1) is 5.92 Å². The molecular formula is C25H26N6O3S. The Morgan fingerprint density at radius 1 is 1.00 bits per heavy atom. The lowest BCUT2D eigenvalue weighted by Gasteiger charge is -2.13. The molecule has 9 nitrogen and oxygen atoms in total. The van der Waals surface area contributed by atoms with Crippen LogP contribution in [0.5, 0.6) is 0 Å². The van der Waals surface area contributed by atoms with Crippen LogP contribution in [-0.2, 0) is 30.7 Å². The summed E-state index contributed by atoms with van der Waals surface area (Å²) < 4.78 is 35.0. The first-order chi connectivity index (χ1) is 16.8. The molecule has 1 N–H and O–H groups in total. The van der Waals surface area contributed by atoms with Crippen molar-refractivity contribution in [2.75, 3.05) is 7.05 Å². The summed E-state index contributed by atoms with van der Waals surface area (Å²) in [5, 5.41) is 0. The van der Waals surface area contributed by atoms with E-state index in [0.717, 1.165) is 34.8 Å². The number of fused-ring (bicyclic) bond motifs is 2. The van der Waals surface area contributed by atoms with Gasteiger partial charge < -0.3 is 4.57 Å². The van der Waals surface area contributed by atoms with Gasteiger partial charge in [0.05, 0.1) is 32.7 Å². The summed E-state index contributed by atoms with van der Waals surface area (Å²) in [6.45, 7) is 0.928. The van der Waals surface area contributed by atoms with Crippen LogP contribution in [0.3, 0.4) is 0 Å². The van der Waals surface area contributed by atoms with Crippen LogP contribution >= 0.6 is 0 Å². The zero-order valence-corrected chi connectivity index (χ0v) is 20.6. The highest BCUT2D eigenvalue weighted by Gasteiger charge is 2.25. The quantitative estimate of drug-likeness (QED) is 0.396. The number of rotatable bonds is 6. The second kappa shape index (κ2) is 7.69. The number of aryl methyl sites for hydroxylation is 2. The molecule has 0 atom stereocenters. The van der Waals surface area contributed by atoms with Gasteiger partial charge in [0.2, 0.25) is 10.0 Å². The van der Waals surface area contributed by atoms with E-state index in [2.05, 4.69) is 15.5 Å². The fourth-order valence-electron chi connectivity index (χ4n) is 4.76. The van der Waals surface area contributed by atoms with E-state index in [4.69, 9.17) is 4.98 Å². The molecule has 180 valence electrons. The zero-order chi connectivity index (χ0) is 24.5. The van der Waals surface area contributed by atoms with Crippen molar-refractivity contribution in [2.24, 2.45) is 20.0 Å². The smallest absolute Gasteiger partial charge is 0.328 e. The molecule has 1 aliphatic rings. The molecule has 3 heterocycles. The molecule has 0 amide bonds. The predicted molar refractivity (Wildman–Crippen MR) is 135 cm³/mol. The second-order valence-corrected chi connectivity index (χ2v) is 11.1.